The number of hydrogen-bond donors (Lipinski definition) is 1. The second kappa shape index (κ2) is 8.13. The maximum Gasteiger partial charge on any atom is 0.254 e. The molecule has 1 saturated heterocycles. The number of carbonyl (C=O) groups is 2. The first-order chi connectivity index (χ1) is 11.4. The van der Waals surface area contributed by atoms with E-state index >= 15 is 0 Å². The van der Waals surface area contributed by atoms with Gasteiger partial charge in [0.25, 0.3) is 5.91 Å². The summed E-state index contributed by atoms with van der Waals surface area (Å²) < 4.78 is 14.4. The Morgan fingerprint density at radius 2 is 1.96 bits per heavy atom. The first-order valence-corrected chi connectivity index (χ1v) is 8.55. The monoisotopic (exact) mass is 335 g/mol. The fraction of sp³-hybridized carbons (Fsp3) is 0.556. The summed E-state index contributed by atoms with van der Waals surface area (Å²) in [5.74, 6) is -0.928. The number of anilines is 1. The van der Waals surface area contributed by atoms with Crippen LogP contribution in [0.25, 0.3) is 0 Å². The highest BCUT2D eigenvalue weighted by atomic mass is 19.1. The van der Waals surface area contributed by atoms with Gasteiger partial charge in [0.05, 0.1) is 12.2 Å². The van der Waals surface area contributed by atoms with Crippen molar-refractivity contribution < 1.29 is 14.0 Å². The molecule has 1 aromatic rings. The molecule has 1 aromatic carbocycles. The van der Waals surface area contributed by atoms with Crippen molar-refractivity contribution >= 4 is 17.5 Å². The number of halogens is 1. The fourth-order valence-electron chi connectivity index (χ4n) is 2.91. The predicted molar refractivity (Wildman–Crippen MR) is 92.7 cm³/mol. The summed E-state index contributed by atoms with van der Waals surface area (Å²) in [6, 6.07) is 4.60. The number of nitrogens with one attached hydrogen (secondary N) is 1. The van der Waals surface area contributed by atoms with Crippen LogP contribution in [0.5, 0.6) is 0 Å². The lowest BCUT2D eigenvalue weighted by molar-refractivity contribution is -0.122. The number of hydrogen-bond acceptors (Lipinski definition) is 3. The Hall–Kier alpha value is -2.11. The summed E-state index contributed by atoms with van der Waals surface area (Å²) in [5, 5.41) is 2.76. The number of amides is 2. The van der Waals surface area contributed by atoms with Crippen molar-refractivity contribution in [1.29, 1.82) is 0 Å². The van der Waals surface area contributed by atoms with Crippen molar-refractivity contribution in [1.82, 2.24) is 10.2 Å². The topological polar surface area (TPSA) is 52.7 Å². The van der Waals surface area contributed by atoms with Gasteiger partial charge in [-0.2, -0.15) is 0 Å². The highest BCUT2D eigenvalue weighted by Gasteiger charge is 2.21. The third kappa shape index (κ3) is 4.46. The molecule has 0 saturated carbocycles. The van der Waals surface area contributed by atoms with E-state index in [9.17, 15) is 14.0 Å². The summed E-state index contributed by atoms with van der Waals surface area (Å²) >= 11 is 0. The molecule has 1 aliphatic rings. The molecule has 0 radical (unpaired) electrons. The lowest BCUT2D eigenvalue weighted by Gasteiger charge is -2.22. The summed E-state index contributed by atoms with van der Waals surface area (Å²) in [6.45, 7) is 7.59. The van der Waals surface area contributed by atoms with E-state index in [-0.39, 0.29) is 35.8 Å². The van der Waals surface area contributed by atoms with Crippen LogP contribution in [0.2, 0.25) is 0 Å². The van der Waals surface area contributed by atoms with Crippen LogP contribution in [0.3, 0.4) is 0 Å². The largest absolute Gasteiger partial charge is 0.369 e. The number of benzene rings is 1. The number of rotatable bonds is 6. The van der Waals surface area contributed by atoms with Gasteiger partial charge in [-0.3, -0.25) is 9.59 Å². The summed E-state index contributed by atoms with van der Waals surface area (Å²) in [7, 11) is 0. The molecular formula is C18H26FN3O2. The second-order valence-corrected chi connectivity index (χ2v) is 6.40. The van der Waals surface area contributed by atoms with Crippen LogP contribution < -0.4 is 10.2 Å². The molecule has 0 unspecified atom stereocenters. The highest BCUT2D eigenvalue weighted by molar-refractivity contribution is 5.96. The SMILES string of the molecule is CCN(CC(=O)NC(C)C)C(=O)c1ccc(N2CCCC2)c(F)c1. The zero-order chi connectivity index (χ0) is 17.7. The van der Waals surface area contributed by atoms with Crippen LogP contribution in [0.4, 0.5) is 10.1 Å². The standard InChI is InChI=1S/C18H26FN3O2/c1-4-21(12-17(23)20-13(2)3)18(24)14-7-8-16(15(19)11-14)22-9-5-6-10-22/h7-8,11,13H,4-6,9-10,12H2,1-3H3,(H,20,23). The average molecular weight is 335 g/mol. The molecule has 0 atom stereocenters. The fourth-order valence-corrected chi connectivity index (χ4v) is 2.91. The minimum Gasteiger partial charge on any atom is -0.369 e. The molecule has 5 nitrogen and oxygen atoms in total. The Labute approximate surface area is 142 Å². The zero-order valence-corrected chi connectivity index (χ0v) is 14.6. The second-order valence-electron chi connectivity index (χ2n) is 6.40. The Balaban J connectivity index is 2.09. The van der Waals surface area contributed by atoms with Gasteiger partial charge in [-0.15, -0.1) is 0 Å². The van der Waals surface area contributed by atoms with Crippen LogP contribution in [0.1, 0.15) is 44.0 Å². The Morgan fingerprint density at radius 3 is 2.50 bits per heavy atom. The molecule has 0 spiro atoms. The van der Waals surface area contributed by atoms with Crippen molar-refractivity contribution in [2.75, 3.05) is 31.1 Å². The highest BCUT2D eigenvalue weighted by Crippen LogP contribution is 2.24. The number of carbonyl (C=O) groups excluding carboxylic acids is 2. The van der Waals surface area contributed by atoms with E-state index in [4.69, 9.17) is 0 Å². The van der Waals surface area contributed by atoms with Crippen molar-refractivity contribution in [3.8, 4) is 0 Å². The lowest BCUT2D eigenvalue weighted by Crippen LogP contribution is -2.42. The normalized spacial score (nSPS) is 14.1. The molecule has 0 aromatic heterocycles. The van der Waals surface area contributed by atoms with E-state index < -0.39 is 0 Å². The van der Waals surface area contributed by atoms with Gasteiger partial charge in [-0.1, -0.05) is 0 Å². The van der Waals surface area contributed by atoms with E-state index in [0.29, 0.717) is 12.2 Å². The van der Waals surface area contributed by atoms with Crippen molar-refractivity contribution in [2.24, 2.45) is 0 Å². The average Bonchev–Trinajstić information content (AvgIpc) is 3.05. The third-order valence-electron chi connectivity index (χ3n) is 4.09. The van der Waals surface area contributed by atoms with Crippen molar-refractivity contribution in [3.05, 3.63) is 29.6 Å². The third-order valence-corrected chi connectivity index (χ3v) is 4.09. The van der Waals surface area contributed by atoms with Gasteiger partial charge in [-0.05, 0) is 51.8 Å². The molecule has 1 N–H and O–H groups in total. The van der Waals surface area contributed by atoms with Gasteiger partial charge in [0.2, 0.25) is 5.91 Å². The van der Waals surface area contributed by atoms with E-state index in [1.807, 2.05) is 18.7 Å². The van der Waals surface area contributed by atoms with Crippen LogP contribution in [0.15, 0.2) is 18.2 Å². The lowest BCUT2D eigenvalue weighted by atomic mass is 10.1. The van der Waals surface area contributed by atoms with E-state index in [2.05, 4.69) is 5.32 Å². The quantitative estimate of drug-likeness (QED) is 0.869. The molecule has 2 amide bonds. The molecular weight excluding hydrogens is 309 g/mol. The van der Waals surface area contributed by atoms with Gasteiger partial charge in [0, 0.05) is 31.2 Å². The Kier molecular flexibility index (Phi) is 6.17. The minimum absolute atomic E-state index is 0.0171. The van der Waals surface area contributed by atoms with Gasteiger partial charge < -0.3 is 15.1 Å². The molecule has 1 fully saturated rings. The van der Waals surface area contributed by atoms with Gasteiger partial charge in [-0.25, -0.2) is 4.39 Å². The van der Waals surface area contributed by atoms with Gasteiger partial charge in [0.1, 0.15) is 5.82 Å². The van der Waals surface area contributed by atoms with Crippen LogP contribution >= 0.6 is 0 Å². The zero-order valence-electron chi connectivity index (χ0n) is 14.6. The first-order valence-electron chi connectivity index (χ1n) is 8.55. The molecule has 0 aliphatic carbocycles. The molecule has 24 heavy (non-hydrogen) atoms. The van der Waals surface area contributed by atoms with Crippen molar-refractivity contribution in [2.45, 2.75) is 39.7 Å². The molecule has 6 heteroatoms. The Bertz CT molecular complexity index is 598. The maximum absolute atomic E-state index is 14.4. The van der Waals surface area contributed by atoms with Crippen LogP contribution in [-0.2, 0) is 4.79 Å². The molecule has 0 bridgehead atoms. The summed E-state index contributed by atoms with van der Waals surface area (Å²) in [4.78, 5) is 27.8. The number of nitrogens with zero attached hydrogens (tertiary/aromatic N) is 2. The van der Waals surface area contributed by atoms with Gasteiger partial charge >= 0.3 is 0 Å². The van der Waals surface area contributed by atoms with Crippen LogP contribution in [-0.4, -0.2) is 48.9 Å². The van der Waals surface area contributed by atoms with Crippen LogP contribution in [0, 0.1) is 5.82 Å². The van der Waals surface area contributed by atoms with Gasteiger partial charge in [0.15, 0.2) is 0 Å². The van der Waals surface area contributed by atoms with Crippen molar-refractivity contribution in [3.63, 3.8) is 0 Å². The number of likely N-dealkylation sites (N-methyl/N-ethyl adjacent to an activating group) is 1. The molecule has 1 heterocycles. The first kappa shape index (κ1) is 18.2. The summed E-state index contributed by atoms with van der Waals surface area (Å²) in [6.07, 6.45) is 2.13. The van der Waals surface area contributed by atoms with E-state index in [1.54, 1.807) is 19.1 Å². The molecule has 132 valence electrons. The summed E-state index contributed by atoms with van der Waals surface area (Å²) in [5.41, 5.74) is 0.819. The minimum atomic E-state index is -0.384. The maximum atomic E-state index is 14.4. The van der Waals surface area contributed by atoms with E-state index in [1.165, 1.54) is 11.0 Å². The van der Waals surface area contributed by atoms with E-state index in [0.717, 1.165) is 25.9 Å². The molecule has 2 rings (SSSR count). The smallest absolute Gasteiger partial charge is 0.254 e. The molecule has 1 aliphatic heterocycles. The predicted octanol–water partition coefficient (Wildman–Crippen LogP) is 2.41. The Morgan fingerprint density at radius 1 is 1.29 bits per heavy atom.